The largest absolute Gasteiger partial charge is 0.375 e. The van der Waals surface area contributed by atoms with Crippen LogP contribution >= 0.6 is 15.9 Å². The Balaban J connectivity index is 1.75. The Morgan fingerprint density at radius 3 is 2.68 bits per heavy atom. The van der Waals surface area contributed by atoms with Gasteiger partial charge in [0.15, 0.2) is 5.60 Å². The number of rotatable bonds is 4. The number of halogens is 1. The normalized spacial score (nSPS) is 19.3. The minimum Gasteiger partial charge on any atom is -0.375 e. The molecule has 0 aromatic heterocycles. The first-order valence-electron chi connectivity index (χ1n) is 7.63. The molecular formula is C18H16BrN3O3. The van der Waals surface area contributed by atoms with Gasteiger partial charge in [-0.25, -0.2) is 5.43 Å². The number of amides is 2. The molecule has 2 amide bonds. The summed E-state index contributed by atoms with van der Waals surface area (Å²) in [6, 6.07) is 13.9. The van der Waals surface area contributed by atoms with Crippen LogP contribution in [-0.2, 0) is 10.4 Å². The van der Waals surface area contributed by atoms with Gasteiger partial charge in [-0.2, -0.15) is 5.10 Å². The van der Waals surface area contributed by atoms with Gasteiger partial charge < -0.3 is 10.4 Å². The van der Waals surface area contributed by atoms with Crippen LogP contribution in [0.4, 0.5) is 5.69 Å². The number of hydrogen-bond donors (Lipinski definition) is 3. The Kier molecular flexibility index (Phi) is 4.69. The number of hydrazone groups is 1. The van der Waals surface area contributed by atoms with Crippen molar-refractivity contribution in [2.45, 2.75) is 18.9 Å². The molecule has 1 aliphatic rings. The van der Waals surface area contributed by atoms with Gasteiger partial charge in [0, 0.05) is 27.9 Å². The summed E-state index contributed by atoms with van der Waals surface area (Å²) >= 11 is 3.31. The van der Waals surface area contributed by atoms with Gasteiger partial charge in [0.1, 0.15) is 0 Å². The maximum absolute atomic E-state index is 12.2. The SMILES string of the molecule is C/C(C[C@@]1(O)C(=O)Nc2ccccc21)=N/NC(=O)c1ccccc1Br. The van der Waals surface area contributed by atoms with E-state index in [4.69, 9.17) is 0 Å². The third-order valence-corrected chi connectivity index (χ3v) is 4.67. The van der Waals surface area contributed by atoms with Crippen LogP contribution in [0, 0.1) is 0 Å². The van der Waals surface area contributed by atoms with Gasteiger partial charge >= 0.3 is 0 Å². The highest BCUT2D eigenvalue weighted by Crippen LogP contribution is 2.38. The maximum atomic E-state index is 12.2. The Hall–Kier alpha value is -2.51. The molecule has 0 saturated carbocycles. The molecule has 0 aliphatic carbocycles. The van der Waals surface area contributed by atoms with Crippen LogP contribution in [0.25, 0.3) is 0 Å². The molecule has 1 heterocycles. The van der Waals surface area contributed by atoms with Crippen LogP contribution in [0.15, 0.2) is 58.1 Å². The summed E-state index contributed by atoms with van der Waals surface area (Å²) in [6.45, 7) is 1.65. The second-order valence-electron chi connectivity index (χ2n) is 5.80. The molecule has 6 nitrogen and oxygen atoms in total. The molecule has 1 atom stereocenters. The lowest BCUT2D eigenvalue weighted by Gasteiger charge is -2.20. The van der Waals surface area contributed by atoms with Gasteiger partial charge in [0.05, 0.1) is 5.56 Å². The zero-order valence-corrected chi connectivity index (χ0v) is 15.0. The van der Waals surface area contributed by atoms with E-state index in [1.807, 2.05) is 0 Å². The van der Waals surface area contributed by atoms with Gasteiger partial charge in [0.2, 0.25) is 0 Å². The molecule has 2 aromatic rings. The number of carbonyl (C=O) groups excluding carboxylic acids is 2. The minimum atomic E-state index is -1.69. The predicted molar refractivity (Wildman–Crippen MR) is 98.3 cm³/mol. The first kappa shape index (κ1) is 17.3. The van der Waals surface area contributed by atoms with Gasteiger partial charge in [-0.05, 0) is 41.1 Å². The van der Waals surface area contributed by atoms with E-state index in [1.54, 1.807) is 55.5 Å². The molecule has 25 heavy (non-hydrogen) atoms. The summed E-state index contributed by atoms with van der Waals surface area (Å²) < 4.78 is 0.656. The minimum absolute atomic E-state index is 0.0217. The molecule has 0 fully saturated rings. The number of nitrogens with one attached hydrogen (secondary N) is 2. The zero-order chi connectivity index (χ0) is 18.0. The number of nitrogens with zero attached hydrogens (tertiary/aromatic N) is 1. The topological polar surface area (TPSA) is 90.8 Å². The highest BCUT2D eigenvalue weighted by atomic mass is 79.9. The van der Waals surface area contributed by atoms with Gasteiger partial charge in [-0.15, -0.1) is 0 Å². The average molecular weight is 402 g/mol. The van der Waals surface area contributed by atoms with Crippen molar-refractivity contribution in [3.8, 4) is 0 Å². The molecule has 3 N–H and O–H groups in total. The number of fused-ring (bicyclic) bond motifs is 1. The lowest BCUT2D eigenvalue weighted by molar-refractivity contribution is -0.132. The van der Waals surface area contributed by atoms with Crippen LogP contribution in [0.1, 0.15) is 29.3 Å². The second kappa shape index (κ2) is 6.78. The number of benzene rings is 2. The zero-order valence-electron chi connectivity index (χ0n) is 13.4. The van der Waals surface area contributed by atoms with Crippen molar-refractivity contribution >= 4 is 39.1 Å². The summed E-state index contributed by atoms with van der Waals surface area (Å²) in [5.41, 5.74) is 2.71. The van der Waals surface area contributed by atoms with E-state index in [9.17, 15) is 14.7 Å². The van der Waals surface area contributed by atoms with Crippen molar-refractivity contribution in [1.82, 2.24) is 5.43 Å². The summed E-state index contributed by atoms with van der Waals surface area (Å²) in [5, 5.41) is 17.5. The Labute approximate surface area is 153 Å². The van der Waals surface area contributed by atoms with Crippen molar-refractivity contribution in [1.29, 1.82) is 0 Å². The standard InChI is InChI=1S/C18H16BrN3O3/c1-11(21-22-16(23)12-6-2-4-8-14(12)19)10-18(25)13-7-3-5-9-15(13)20-17(18)24/h2-9,25H,10H2,1H3,(H,20,24)(H,22,23)/b21-11-/t18-/m0/s1. The summed E-state index contributed by atoms with van der Waals surface area (Å²) in [5.74, 6) is -0.879. The van der Waals surface area contributed by atoms with Crippen molar-refractivity contribution in [3.63, 3.8) is 0 Å². The van der Waals surface area contributed by atoms with E-state index in [-0.39, 0.29) is 12.3 Å². The molecule has 0 spiro atoms. The fraction of sp³-hybridized carbons (Fsp3) is 0.167. The fourth-order valence-electron chi connectivity index (χ4n) is 2.74. The predicted octanol–water partition coefficient (Wildman–Crippen LogP) is 2.78. The number of aliphatic hydroxyl groups is 1. The molecule has 1 aliphatic heterocycles. The molecular weight excluding hydrogens is 386 g/mol. The highest BCUT2D eigenvalue weighted by molar-refractivity contribution is 9.10. The third-order valence-electron chi connectivity index (χ3n) is 3.97. The first-order chi connectivity index (χ1) is 11.9. The van der Waals surface area contributed by atoms with Crippen molar-refractivity contribution in [2.75, 3.05) is 5.32 Å². The number of para-hydroxylation sites is 1. The number of carbonyl (C=O) groups is 2. The van der Waals surface area contributed by atoms with E-state index in [0.717, 1.165) is 0 Å². The lowest BCUT2D eigenvalue weighted by Crippen LogP contribution is -2.36. The number of hydrogen-bond acceptors (Lipinski definition) is 4. The summed E-state index contributed by atoms with van der Waals surface area (Å²) in [4.78, 5) is 24.3. The van der Waals surface area contributed by atoms with Crippen LogP contribution in [0.3, 0.4) is 0 Å². The van der Waals surface area contributed by atoms with E-state index in [0.29, 0.717) is 27.0 Å². The average Bonchev–Trinajstić information content (AvgIpc) is 2.84. The van der Waals surface area contributed by atoms with E-state index >= 15 is 0 Å². The van der Waals surface area contributed by atoms with Crippen molar-refractivity contribution in [2.24, 2.45) is 5.10 Å². The molecule has 0 unspecified atom stereocenters. The van der Waals surface area contributed by atoms with Crippen LogP contribution in [0.2, 0.25) is 0 Å². The van der Waals surface area contributed by atoms with E-state index < -0.39 is 11.5 Å². The maximum Gasteiger partial charge on any atom is 0.272 e. The Morgan fingerprint density at radius 1 is 1.24 bits per heavy atom. The fourth-order valence-corrected chi connectivity index (χ4v) is 3.20. The quantitative estimate of drug-likeness (QED) is 0.543. The van der Waals surface area contributed by atoms with Gasteiger partial charge in [0.25, 0.3) is 11.8 Å². The van der Waals surface area contributed by atoms with Crippen molar-refractivity contribution in [3.05, 3.63) is 64.1 Å². The molecule has 7 heteroatoms. The van der Waals surface area contributed by atoms with E-state index in [2.05, 4.69) is 31.8 Å². The van der Waals surface area contributed by atoms with Gasteiger partial charge in [-0.1, -0.05) is 30.3 Å². The van der Waals surface area contributed by atoms with Crippen LogP contribution < -0.4 is 10.7 Å². The molecule has 3 rings (SSSR count). The van der Waals surface area contributed by atoms with Crippen LogP contribution in [-0.4, -0.2) is 22.6 Å². The highest BCUT2D eigenvalue weighted by Gasteiger charge is 2.45. The van der Waals surface area contributed by atoms with Crippen molar-refractivity contribution < 1.29 is 14.7 Å². The summed E-state index contributed by atoms with van der Waals surface area (Å²) in [7, 11) is 0. The molecule has 0 radical (unpaired) electrons. The second-order valence-corrected chi connectivity index (χ2v) is 6.66. The smallest absolute Gasteiger partial charge is 0.272 e. The summed E-state index contributed by atoms with van der Waals surface area (Å²) in [6.07, 6.45) is -0.0217. The van der Waals surface area contributed by atoms with E-state index in [1.165, 1.54) is 0 Å². The Morgan fingerprint density at radius 2 is 1.92 bits per heavy atom. The Bertz CT molecular complexity index is 881. The number of anilines is 1. The molecule has 2 aromatic carbocycles. The molecule has 0 saturated heterocycles. The molecule has 128 valence electrons. The molecule has 0 bridgehead atoms. The third kappa shape index (κ3) is 3.33. The van der Waals surface area contributed by atoms with Crippen LogP contribution in [0.5, 0.6) is 0 Å². The first-order valence-corrected chi connectivity index (χ1v) is 8.42. The van der Waals surface area contributed by atoms with Gasteiger partial charge in [-0.3, -0.25) is 9.59 Å². The lowest BCUT2D eigenvalue weighted by atomic mass is 9.90. The monoisotopic (exact) mass is 401 g/mol.